The number of nitrogens with one attached hydrogen (secondary N) is 1. The first-order valence-electron chi connectivity index (χ1n) is 4.50. The molecule has 3 heteroatoms. The zero-order chi connectivity index (χ0) is 9.23. The third kappa shape index (κ3) is 7.25. The van der Waals surface area contributed by atoms with Crippen molar-refractivity contribution in [2.75, 3.05) is 6.54 Å². The number of carbonyl (C=O) groups is 2. The molecule has 0 aliphatic carbocycles. The van der Waals surface area contributed by atoms with Crippen LogP contribution in [0.25, 0.3) is 0 Å². The summed E-state index contributed by atoms with van der Waals surface area (Å²) in [5.41, 5.74) is 0. The highest BCUT2D eigenvalue weighted by Gasteiger charge is 1.99. The Labute approximate surface area is 73.5 Å². The van der Waals surface area contributed by atoms with Crippen LogP contribution in [-0.2, 0) is 9.59 Å². The minimum absolute atomic E-state index is 0.123. The molecule has 0 aromatic carbocycles. The molecule has 0 atom stereocenters. The van der Waals surface area contributed by atoms with Crippen LogP contribution in [0.4, 0.5) is 0 Å². The number of carbonyl (C=O) groups excluding carboxylic acids is 2. The molecule has 0 saturated heterocycles. The van der Waals surface area contributed by atoms with E-state index < -0.39 is 0 Å². The summed E-state index contributed by atoms with van der Waals surface area (Å²) in [4.78, 5) is 20.8. The van der Waals surface area contributed by atoms with Crippen molar-refractivity contribution < 1.29 is 9.59 Å². The molecule has 0 radical (unpaired) electrons. The smallest absolute Gasteiger partial charge is 0.207 e. The molecule has 0 rings (SSSR count). The minimum Gasteiger partial charge on any atom is -0.352 e. The van der Waals surface area contributed by atoms with Crippen LogP contribution < -0.4 is 5.32 Å². The van der Waals surface area contributed by atoms with Gasteiger partial charge in [-0.3, -0.25) is 9.59 Å². The first kappa shape index (κ1) is 11.1. The maximum absolute atomic E-state index is 10.9. The highest BCUT2D eigenvalue weighted by Crippen LogP contribution is 2.02. The van der Waals surface area contributed by atoms with Crippen LogP contribution in [0.2, 0.25) is 0 Å². The van der Waals surface area contributed by atoms with Crippen molar-refractivity contribution in [3.8, 4) is 0 Å². The Morgan fingerprint density at radius 3 is 2.67 bits per heavy atom. The molecule has 0 heterocycles. The molecule has 0 aliphatic heterocycles. The normalized spacial score (nSPS) is 9.42. The summed E-state index contributed by atoms with van der Waals surface area (Å²) in [6, 6.07) is 0. The van der Waals surface area contributed by atoms with E-state index in [0.717, 1.165) is 12.8 Å². The lowest BCUT2D eigenvalue weighted by Gasteiger charge is -1.98. The van der Waals surface area contributed by atoms with Gasteiger partial charge in [0.15, 0.2) is 5.78 Å². The second-order valence-electron chi connectivity index (χ2n) is 2.85. The Morgan fingerprint density at radius 2 is 2.08 bits per heavy atom. The lowest BCUT2D eigenvalue weighted by atomic mass is 10.1. The number of rotatable bonds is 8. The van der Waals surface area contributed by atoms with Crippen molar-refractivity contribution in [2.45, 2.75) is 39.0 Å². The van der Waals surface area contributed by atoms with Gasteiger partial charge in [-0.1, -0.05) is 26.2 Å². The van der Waals surface area contributed by atoms with Crippen molar-refractivity contribution in [2.24, 2.45) is 0 Å². The number of ketones is 1. The highest BCUT2D eigenvalue weighted by molar-refractivity contribution is 5.81. The van der Waals surface area contributed by atoms with Gasteiger partial charge in [0.1, 0.15) is 0 Å². The first-order valence-corrected chi connectivity index (χ1v) is 4.50. The molecule has 0 aliphatic rings. The van der Waals surface area contributed by atoms with E-state index in [2.05, 4.69) is 12.2 Å². The Balaban J connectivity index is 3.13. The standard InChI is InChI=1S/C9H17NO2/c1-2-3-4-5-6-9(12)7-10-8-11/h8H,2-7H2,1H3,(H,10,11). The van der Waals surface area contributed by atoms with Crippen molar-refractivity contribution >= 4 is 12.2 Å². The molecular formula is C9H17NO2. The summed E-state index contributed by atoms with van der Waals surface area (Å²) in [6.07, 6.45) is 5.59. The summed E-state index contributed by atoms with van der Waals surface area (Å²) in [5.74, 6) is 0.123. The molecule has 0 aromatic heterocycles. The monoisotopic (exact) mass is 171 g/mol. The maximum atomic E-state index is 10.9. The summed E-state index contributed by atoms with van der Waals surface area (Å²) in [5, 5.41) is 2.36. The van der Waals surface area contributed by atoms with Crippen LogP contribution in [0.5, 0.6) is 0 Å². The van der Waals surface area contributed by atoms with Gasteiger partial charge in [0.2, 0.25) is 6.41 Å². The lowest BCUT2D eigenvalue weighted by Crippen LogP contribution is -2.20. The Morgan fingerprint density at radius 1 is 1.33 bits per heavy atom. The third-order valence-corrected chi connectivity index (χ3v) is 1.69. The number of unbranched alkanes of at least 4 members (excludes halogenated alkanes) is 3. The predicted molar refractivity (Wildman–Crippen MR) is 47.8 cm³/mol. The van der Waals surface area contributed by atoms with Gasteiger partial charge in [-0.05, 0) is 6.42 Å². The molecule has 0 unspecified atom stereocenters. The van der Waals surface area contributed by atoms with E-state index in [1.165, 1.54) is 12.8 Å². The van der Waals surface area contributed by atoms with Gasteiger partial charge in [0.05, 0.1) is 6.54 Å². The Hall–Kier alpha value is -0.860. The van der Waals surface area contributed by atoms with Crippen molar-refractivity contribution in [3.63, 3.8) is 0 Å². The third-order valence-electron chi connectivity index (χ3n) is 1.69. The first-order chi connectivity index (χ1) is 5.81. The Bertz CT molecular complexity index is 134. The molecule has 0 bridgehead atoms. The van der Waals surface area contributed by atoms with Crippen molar-refractivity contribution in [1.82, 2.24) is 5.32 Å². The fourth-order valence-corrected chi connectivity index (χ4v) is 0.993. The summed E-state index contributed by atoms with van der Waals surface area (Å²) in [6.45, 7) is 2.32. The van der Waals surface area contributed by atoms with Gasteiger partial charge >= 0.3 is 0 Å². The molecule has 0 spiro atoms. The summed E-state index contributed by atoms with van der Waals surface area (Å²) >= 11 is 0. The van der Waals surface area contributed by atoms with E-state index in [9.17, 15) is 9.59 Å². The quantitative estimate of drug-likeness (QED) is 0.441. The van der Waals surface area contributed by atoms with Gasteiger partial charge in [-0.15, -0.1) is 0 Å². The fraction of sp³-hybridized carbons (Fsp3) is 0.778. The van der Waals surface area contributed by atoms with Crippen LogP contribution >= 0.6 is 0 Å². The average molecular weight is 171 g/mol. The fourth-order valence-electron chi connectivity index (χ4n) is 0.993. The van der Waals surface area contributed by atoms with Gasteiger partial charge in [-0.25, -0.2) is 0 Å². The topological polar surface area (TPSA) is 46.2 Å². The van der Waals surface area contributed by atoms with Crippen molar-refractivity contribution in [1.29, 1.82) is 0 Å². The molecule has 0 saturated carbocycles. The van der Waals surface area contributed by atoms with Crippen LogP contribution in [0.3, 0.4) is 0 Å². The van der Waals surface area contributed by atoms with Gasteiger partial charge in [0.25, 0.3) is 0 Å². The molecule has 12 heavy (non-hydrogen) atoms. The van der Waals surface area contributed by atoms with Gasteiger partial charge in [0, 0.05) is 6.42 Å². The lowest BCUT2D eigenvalue weighted by molar-refractivity contribution is -0.120. The molecule has 0 fully saturated rings. The van der Waals surface area contributed by atoms with Crippen LogP contribution in [0.1, 0.15) is 39.0 Å². The van der Waals surface area contributed by atoms with E-state index in [-0.39, 0.29) is 12.3 Å². The van der Waals surface area contributed by atoms with E-state index in [0.29, 0.717) is 12.8 Å². The molecule has 70 valence electrons. The summed E-state index contributed by atoms with van der Waals surface area (Å²) in [7, 11) is 0. The van der Waals surface area contributed by atoms with E-state index in [1.807, 2.05) is 0 Å². The number of Topliss-reactive ketones (excluding diaryl/α,β-unsaturated/α-hetero) is 1. The van der Waals surface area contributed by atoms with Crippen LogP contribution in [0.15, 0.2) is 0 Å². The van der Waals surface area contributed by atoms with E-state index >= 15 is 0 Å². The van der Waals surface area contributed by atoms with Gasteiger partial charge in [-0.2, -0.15) is 0 Å². The highest BCUT2D eigenvalue weighted by atomic mass is 16.1. The van der Waals surface area contributed by atoms with Crippen LogP contribution in [-0.4, -0.2) is 18.7 Å². The second-order valence-corrected chi connectivity index (χ2v) is 2.85. The minimum atomic E-state index is 0.123. The van der Waals surface area contributed by atoms with Crippen LogP contribution in [0, 0.1) is 0 Å². The maximum Gasteiger partial charge on any atom is 0.207 e. The number of hydrogen-bond acceptors (Lipinski definition) is 2. The zero-order valence-corrected chi connectivity index (χ0v) is 7.64. The average Bonchev–Trinajstić information content (AvgIpc) is 2.09. The molecule has 1 N–H and O–H groups in total. The number of amides is 1. The molecule has 0 aromatic rings. The predicted octanol–water partition coefficient (Wildman–Crippen LogP) is 1.27. The second kappa shape index (κ2) is 8.24. The van der Waals surface area contributed by atoms with Gasteiger partial charge < -0.3 is 5.32 Å². The molecule has 3 nitrogen and oxygen atoms in total. The van der Waals surface area contributed by atoms with E-state index in [1.54, 1.807) is 0 Å². The van der Waals surface area contributed by atoms with Crippen molar-refractivity contribution in [3.05, 3.63) is 0 Å². The molecular weight excluding hydrogens is 154 g/mol. The summed E-state index contributed by atoms with van der Waals surface area (Å²) < 4.78 is 0. The Kier molecular flexibility index (Phi) is 7.65. The molecule has 1 amide bonds. The zero-order valence-electron chi connectivity index (χ0n) is 7.64. The van der Waals surface area contributed by atoms with E-state index in [4.69, 9.17) is 0 Å². The SMILES string of the molecule is CCCCCCC(=O)CNC=O. The number of hydrogen-bond donors (Lipinski definition) is 1. The largest absolute Gasteiger partial charge is 0.352 e.